The Labute approximate surface area is 154 Å². The van der Waals surface area contributed by atoms with Crippen LogP contribution in [0.15, 0.2) is 17.1 Å². The Hall–Kier alpha value is -0.820. The Balaban J connectivity index is 1.72. The smallest absolute Gasteiger partial charge is 0.193 e. The monoisotopic (exact) mass is 372 g/mol. The van der Waals surface area contributed by atoms with Crippen LogP contribution in [0.1, 0.15) is 17.7 Å². The topological polar surface area (TPSA) is 40.1 Å². The molecule has 0 atom stereocenters. The minimum Gasteiger partial charge on any atom is -0.383 e. The predicted molar refractivity (Wildman–Crippen MR) is 103 cm³/mol. The van der Waals surface area contributed by atoms with Gasteiger partial charge in [0.05, 0.1) is 17.5 Å². The number of aliphatic imine (C=N–C) groups is 1. The number of halogens is 1. The number of piperidine rings is 1. The number of ether oxygens (including phenoxy) is 1. The molecule has 1 aliphatic rings. The third kappa shape index (κ3) is 6.24. The first kappa shape index (κ1) is 19.5. The summed E-state index contributed by atoms with van der Waals surface area (Å²) in [4.78, 5) is 10.3. The summed E-state index contributed by atoms with van der Waals surface area (Å²) in [6.07, 6.45) is 2.47. The van der Waals surface area contributed by atoms with Crippen LogP contribution in [0.25, 0.3) is 0 Å². The van der Waals surface area contributed by atoms with Crippen molar-refractivity contribution in [2.75, 3.05) is 54.0 Å². The lowest BCUT2D eigenvalue weighted by Gasteiger charge is -2.32. The van der Waals surface area contributed by atoms with Crippen molar-refractivity contribution in [3.63, 3.8) is 0 Å². The van der Waals surface area contributed by atoms with E-state index in [9.17, 15) is 0 Å². The second kappa shape index (κ2) is 10.2. The lowest BCUT2D eigenvalue weighted by atomic mass is 9.97. The second-order valence-electron chi connectivity index (χ2n) is 6.27. The molecular weight excluding hydrogens is 344 g/mol. The van der Waals surface area contributed by atoms with Crippen molar-refractivity contribution < 1.29 is 4.74 Å². The lowest BCUT2D eigenvalue weighted by molar-refractivity contribution is 0.120. The Kier molecular flexibility index (Phi) is 8.32. The fourth-order valence-electron chi connectivity index (χ4n) is 3.00. The van der Waals surface area contributed by atoms with E-state index < -0.39 is 0 Å². The number of hydrogen-bond acceptors (Lipinski definition) is 4. The summed E-state index contributed by atoms with van der Waals surface area (Å²) < 4.78 is 5.99. The molecule has 1 saturated heterocycles. The van der Waals surface area contributed by atoms with Crippen molar-refractivity contribution in [3.8, 4) is 0 Å². The number of rotatable bonds is 7. The van der Waals surface area contributed by atoms with Gasteiger partial charge in [0.15, 0.2) is 5.96 Å². The largest absolute Gasteiger partial charge is 0.383 e. The van der Waals surface area contributed by atoms with Crippen molar-refractivity contribution >= 4 is 28.9 Å². The highest BCUT2D eigenvalue weighted by Crippen LogP contribution is 2.22. The van der Waals surface area contributed by atoms with Gasteiger partial charge in [0.25, 0.3) is 0 Å². The average molecular weight is 373 g/mol. The van der Waals surface area contributed by atoms with E-state index in [-0.39, 0.29) is 0 Å². The predicted octanol–water partition coefficient (Wildman–Crippen LogP) is 2.77. The molecule has 0 unspecified atom stereocenters. The zero-order valence-electron chi connectivity index (χ0n) is 14.9. The normalized spacial score (nSPS) is 17.2. The fraction of sp³-hybridized carbons (Fsp3) is 0.706. The molecule has 1 N–H and O–H groups in total. The highest BCUT2D eigenvalue weighted by atomic mass is 35.5. The van der Waals surface area contributed by atoms with Gasteiger partial charge in [-0.05, 0) is 44.0 Å². The quantitative estimate of drug-likeness (QED) is 0.590. The van der Waals surface area contributed by atoms with E-state index in [1.54, 1.807) is 18.4 Å². The minimum atomic E-state index is 0.713. The molecule has 0 radical (unpaired) electrons. The van der Waals surface area contributed by atoms with Gasteiger partial charge in [0.1, 0.15) is 0 Å². The lowest BCUT2D eigenvalue weighted by Crippen LogP contribution is -2.43. The van der Waals surface area contributed by atoms with Crippen LogP contribution in [0.3, 0.4) is 0 Å². The molecule has 0 amide bonds. The summed E-state index contributed by atoms with van der Waals surface area (Å²) >= 11 is 7.63. The number of thiophene rings is 1. The van der Waals surface area contributed by atoms with Crippen LogP contribution >= 0.6 is 22.9 Å². The Morgan fingerprint density at radius 2 is 2.21 bits per heavy atom. The maximum Gasteiger partial charge on any atom is 0.193 e. The third-order valence-electron chi connectivity index (χ3n) is 4.46. The third-order valence-corrected chi connectivity index (χ3v) is 5.68. The minimum absolute atomic E-state index is 0.713. The van der Waals surface area contributed by atoms with E-state index in [0.717, 1.165) is 49.6 Å². The van der Waals surface area contributed by atoms with Gasteiger partial charge in [-0.15, -0.1) is 11.3 Å². The van der Waals surface area contributed by atoms with Gasteiger partial charge in [-0.25, -0.2) is 0 Å². The molecule has 136 valence electrons. The van der Waals surface area contributed by atoms with Crippen molar-refractivity contribution in [2.24, 2.45) is 10.9 Å². The van der Waals surface area contributed by atoms with Gasteiger partial charge < -0.3 is 19.9 Å². The van der Waals surface area contributed by atoms with Crippen molar-refractivity contribution in [1.82, 2.24) is 15.1 Å². The molecule has 0 aliphatic carbocycles. The van der Waals surface area contributed by atoms with E-state index in [0.29, 0.717) is 5.92 Å². The van der Waals surface area contributed by atoms with Crippen LogP contribution in [-0.4, -0.2) is 69.8 Å². The first-order valence-electron chi connectivity index (χ1n) is 8.49. The Morgan fingerprint density at radius 1 is 1.46 bits per heavy atom. The van der Waals surface area contributed by atoms with Crippen LogP contribution < -0.4 is 5.32 Å². The number of nitrogens with zero attached hydrogens (tertiary/aromatic N) is 3. The van der Waals surface area contributed by atoms with Crippen molar-refractivity contribution in [2.45, 2.75) is 19.4 Å². The van der Waals surface area contributed by atoms with E-state index >= 15 is 0 Å². The zero-order valence-corrected chi connectivity index (χ0v) is 16.5. The highest BCUT2D eigenvalue weighted by molar-refractivity contribution is 7.16. The first-order chi connectivity index (χ1) is 11.6. The molecule has 5 nitrogen and oxygen atoms in total. The van der Waals surface area contributed by atoms with Gasteiger partial charge in [0.2, 0.25) is 0 Å². The molecule has 0 bridgehead atoms. The Morgan fingerprint density at radius 3 is 2.79 bits per heavy atom. The molecular formula is C17H29ClN4OS. The van der Waals surface area contributed by atoms with E-state index in [1.165, 1.54) is 17.7 Å². The maximum atomic E-state index is 6.01. The standard InChI is InChI=1S/C17H29ClN4OS/c1-19-17(21(2)13-15-4-5-16(18)24-15)20-12-14-6-8-22(9-7-14)10-11-23-3/h4-5,14H,6-13H2,1-3H3,(H,19,20). The number of hydrogen-bond donors (Lipinski definition) is 1. The molecule has 7 heteroatoms. The molecule has 0 spiro atoms. The number of nitrogens with one attached hydrogen (secondary N) is 1. The summed E-state index contributed by atoms with van der Waals surface area (Å²) in [5, 5.41) is 3.53. The van der Waals surface area contributed by atoms with E-state index in [4.69, 9.17) is 16.3 Å². The zero-order chi connectivity index (χ0) is 17.4. The molecule has 0 saturated carbocycles. The van der Waals surface area contributed by atoms with Crippen LogP contribution in [0.5, 0.6) is 0 Å². The summed E-state index contributed by atoms with van der Waals surface area (Å²) in [5.74, 6) is 1.66. The number of likely N-dealkylation sites (tertiary alicyclic amines) is 1. The summed E-state index contributed by atoms with van der Waals surface area (Å²) in [6, 6.07) is 4.02. The molecule has 1 aliphatic heterocycles. The SMILES string of the molecule is CN=C(NCC1CCN(CCOC)CC1)N(C)Cc1ccc(Cl)s1. The van der Waals surface area contributed by atoms with Crippen LogP contribution in [0.2, 0.25) is 4.34 Å². The van der Waals surface area contributed by atoms with Gasteiger partial charge in [-0.3, -0.25) is 4.99 Å². The molecule has 0 aromatic carbocycles. The van der Waals surface area contributed by atoms with Gasteiger partial charge in [0, 0.05) is 39.2 Å². The van der Waals surface area contributed by atoms with Crippen LogP contribution in [0, 0.1) is 5.92 Å². The van der Waals surface area contributed by atoms with E-state index in [1.807, 2.05) is 13.1 Å². The highest BCUT2D eigenvalue weighted by Gasteiger charge is 2.19. The summed E-state index contributed by atoms with van der Waals surface area (Å²) in [6.45, 7) is 6.01. The summed E-state index contributed by atoms with van der Waals surface area (Å²) in [5.41, 5.74) is 0. The maximum absolute atomic E-state index is 6.01. The molecule has 1 aromatic heterocycles. The number of guanidine groups is 1. The first-order valence-corrected chi connectivity index (χ1v) is 9.69. The molecule has 2 rings (SSSR count). The Bertz CT molecular complexity index is 514. The molecule has 2 heterocycles. The molecule has 1 fully saturated rings. The average Bonchev–Trinajstić information content (AvgIpc) is 2.99. The van der Waals surface area contributed by atoms with Crippen LogP contribution in [-0.2, 0) is 11.3 Å². The summed E-state index contributed by atoms with van der Waals surface area (Å²) in [7, 11) is 5.67. The van der Waals surface area contributed by atoms with E-state index in [2.05, 4.69) is 33.2 Å². The van der Waals surface area contributed by atoms with Gasteiger partial charge in [-0.1, -0.05) is 11.6 Å². The van der Waals surface area contributed by atoms with Crippen molar-refractivity contribution in [3.05, 3.63) is 21.3 Å². The number of methoxy groups -OCH3 is 1. The van der Waals surface area contributed by atoms with Crippen LogP contribution in [0.4, 0.5) is 0 Å². The van der Waals surface area contributed by atoms with Gasteiger partial charge >= 0.3 is 0 Å². The molecule has 24 heavy (non-hydrogen) atoms. The molecule has 1 aromatic rings. The fourth-order valence-corrected chi connectivity index (χ4v) is 4.14. The second-order valence-corrected chi connectivity index (χ2v) is 8.07. The van der Waals surface area contributed by atoms with Gasteiger partial charge in [-0.2, -0.15) is 0 Å². The van der Waals surface area contributed by atoms with Crippen molar-refractivity contribution in [1.29, 1.82) is 0 Å².